The van der Waals surface area contributed by atoms with E-state index in [1.165, 1.54) is 14.2 Å². The fourth-order valence-corrected chi connectivity index (χ4v) is 3.04. The van der Waals surface area contributed by atoms with Crippen molar-refractivity contribution in [3.63, 3.8) is 0 Å². The maximum atomic E-state index is 12.3. The van der Waals surface area contributed by atoms with Gasteiger partial charge in [0.15, 0.2) is 6.61 Å². The molecule has 0 unspecified atom stereocenters. The summed E-state index contributed by atoms with van der Waals surface area (Å²) >= 11 is 6.18. The van der Waals surface area contributed by atoms with Crippen molar-refractivity contribution >= 4 is 29.2 Å². The molecular formula is C22H22ClN3O5. The third kappa shape index (κ3) is 4.97. The monoisotopic (exact) mass is 443 g/mol. The number of halogens is 1. The first-order valence-corrected chi connectivity index (χ1v) is 9.73. The first-order valence-electron chi connectivity index (χ1n) is 9.35. The number of aromatic nitrogens is 2. The Balaban J connectivity index is 1.62. The van der Waals surface area contributed by atoms with Gasteiger partial charge in [-0.1, -0.05) is 11.6 Å². The molecule has 3 aromatic rings. The van der Waals surface area contributed by atoms with Crippen LogP contribution in [-0.2, 0) is 9.53 Å². The highest BCUT2D eigenvalue weighted by Crippen LogP contribution is 2.28. The summed E-state index contributed by atoms with van der Waals surface area (Å²) in [6.45, 7) is 3.23. The van der Waals surface area contributed by atoms with E-state index in [2.05, 4.69) is 10.4 Å². The standard InChI is InChI=1S/C22H22ClN3O5/c1-13-21(23)14(2)26(25-13)16-7-5-15(6-8-16)22(28)31-12-20(27)24-18-11-17(29-3)9-10-19(18)30-4/h5-11H,12H2,1-4H3,(H,24,27). The van der Waals surface area contributed by atoms with Crippen LogP contribution in [0.1, 0.15) is 21.7 Å². The van der Waals surface area contributed by atoms with Crippen LogP contribution in [0.3, 0.4) is 0 Å². The molecule has 31 heavy (non-hydrogen) atoms. The molecule has 2 aromatic carbocycles. The molecular weight excluding hydrogens is 422 g/mol. The van der Waals surface area contributed by atoms with Crippen molar-refractivity contribution in [1.29, 1.82) is 0 Å². The predicted molar refractivity (Wildman–Crippen MR) is 117 cm³/mol. The molecule has 0 saturated carbocycles. The van der Waals surface area contributed by atoms with E-state index in [4.69, 9.17) is 25.8 Å². The second-order valence-corrected chi connectivity index (χ2v) is 7.01. The first kappa shape index (κ1) is 22.2. The van der Waals surface area contributed by atoms with E-state index in [1.54, 1.807) is 47.1 Å². The zero-order chi connectivity index (χ0) is 22.5. The van der Waals surface area contributed by atoms with E-state index in [0.717, 1.165) is 17.1 Å². The van der Waals surface area contributed by atoms with Crippen LogP contribution in [0.2, 0.25) is 5.02 Å². The summed E-state index contributed by atoms with van der Waals surface area (Å²) in [4.78, 5) is 24.5. The number of ether oxygens (including phenoxy) is 3. The number of hydrogen-bond acceptors (Lipinski definition) is 6. The molecule has 162 valence electrons. The summed E-state index contributed by atoms with van der Waals surface area (Å²) in [7, 11) is 3.01. The van der Waals surface area contributed by atoms with E-state index in [1.807, 2.05) is 13.8 Å². The molecule has 0 fully saturated rings. The Labute approximate surface area is 184 Å². The zero-order valence-corrected chi connectivity index (χ0v) is 18.3. The van der Waals surface area contributed by atoms with Gasteiger partial charge in [0.1, 0.15) is 11.5 Å². The van der Waals surface area contributed by atoms with Crippen LogP contribution in [0.25, 0.3) is 5.69 Å². The lowest BCUT2D eigenvalue weighted by Crippen LogP contribution is -2.21. The lowest BCUT2D eigenvalue weighted by Gasteiger charge is -2.12. The normalized spacial score (nSPS) is 10.5. The van der Waals surface area contributed by atoms with Crippen LogP contribution in [0.15, 0.2) is 42.5 Å². The Bertz CT molecular complexity index is 1110. The summed E-state index contributed by atoms with van der Waals surface area (Å²) in [5, 5.41) is 7.62. The number of nitrogens with one attached hydrogen (secondary N) is 1. The number of hydrogen-bond donors (Lipinski definition) is 1. The summed E-state index contributed by atoms with van der Waals surface area (Å²) < 4.78 is 17.2. The Morgan fingerprint density at radius 1 is 1.06 bits per heavy atom. The van der Waals surface area contributed by atoms with E-state index in [9.17, 15) is 9.59 Å². The minimum atomic E-state index is -0.620. The van der Waals surface area contributed by atoms with Gasteiger partial charge in [-0.3, -0.25) is 4.79 Å². The minimum absolute atomic E-state index is 0.308. The van der Waals surface area contributed by atoms with Gasteiger partial charge in [-0.05, 0) is 50.2 Å². The largest absolute Gasteiger partial charge is 0.497 e. The molecule has 0 aliphatic rings. The molecule has 1 heterocycles. The molecule has 3 rings (SSSR count). The molecule has 9 heteroatoms. The highest BCUT2D eigenvalue weighted by Gasteiger charge is 2.15. The van der Waals surface area contributed by atoms with Gasteiger partial charge in [-0.15, -0.1) is 0 Å². The van der Waals surface area contributed by atoms with E-state index in [0.29, 0.717) is 27.8 Å². The van der Waals surface area contributed by atoms with Crippen LogP contribution >= 0.6 is 11.6 Å². The van der Waals surface area contributed by atoms with E-state index < -0.39 is 18.5 Å². The highest BCUT2D eigenvalue weighted by atomic mass is 35.5. The fourth-order valence-electron chi connectivity index (χ4n) is 2.93. The molecule has 1 amide bonds. The number of esters is 1. The van der Waals surface area contributed by atoms with E-state index >= 15 is 0 Å². The third-order valence-electron chi connectivity index (χ3n) is 4.57. The summed E-state index contributed by atoms with van der Waals surface area (Å²) in [6, 6.07) is 11.6. The molecule has 8 nitrogen and oxygen atoms in total. The molecule has 0 spiro atoms. The number of aryl methyl sites for hydroxylation is 1. The van der Waals surface area contributed by atoms with Crippen LogP contribution < -0.4 is 14.8 Å². The van der Waals surface area contributed by atoms with Gasteiger partial charge in [0.25, 0.3) is 5.91 Å². The second kappa shape index (κ2) is 9.53. The summed E-state index contributed by atoms with van der Waals surface area (Å²) in [6.07, 6.45) is 0. The van der Waals surface area contributed by atoms with E-state index in [-0.39, 0.29) is 0 Å². The van der Waals surface area contributed by atoms with Crippen molar-refractivity contribution in [3.8, 4) is 17.2 Å². The topological polar surface area (TPSA) is 91.7 Å². The van der Waals surface area contributed by atoms with Gasteiger partial charge in [0, 0.05) is 6.07 Å². The van der Waals surface area contributed by atoms with Gasteiger partial charge < -0.3 is 19.5 Å². The molecule has 1 N–H and O–H groups in total. The van der Waals surface area contributed by atoms with Gasteiger partial charge in [-0.25, -0.2) is 9.48 Å². The molecule has 0 aliphatic carbocycles. The average Bonchev–Trinajstić information content (AvgIpc) is 3.04. The predicted octanol–water partition coefficient (Wildman–Crippen LogP) is 3.96. The molecule has 1 aromatic heterocycles. The smallest absolute Gasteiger partial charge is 0.338 e. The Morgan fingerprint density at radius 3 is 2.35 bits per heavy atom. The maximum Gasteiger partial charge on any atom is 0.338 e. The minimum Gasteiger partial charge on any atom is -0.497 e. The zero-order valence-electron chi connectivity index (χ0n) is 17.6. The van der Waals surface area contributed by atoms with Crippen molar-refractivity contribution in [2.45, 2.75) is 13.8 Å². The van der Waals surface area contributed by atoms with Crippen molar-refractivity contribution in [1.82, 2.24) is 9.78 Å². The maximum absolute atomic E-state index is 12.3. The van der Waals surface area contributed by atoms with Crippen molar-refractivity contribution in [3.05, 3.63) is 64.4 Å². The number of carbonyl (C=O) groups excluding carboxylic acids is 2. The molecule has 0 saturated heterocycles. The number of amides is 1. The Morgan fingerprint density at radius 2 is 1.77 bits per heavy atom. The lowest BCUT2D eigenvalue weighted by atomic mass is 10.2. The molecule has 0 radical (unpaired) electrons. The van der Waals surface area contributed by atoms with Crippen LogP contribution in [0.5, 0.6) is 11.5 Å². The van der Waals surface area contributed by atoms with Gasteiger partial charge in [-0.2, -0.15) is 5.10 Å². The Kier molecular flexibility index (Phi) is 6.81. The van der Waals surface area contributed by atoms with Crippen molar-refractivity contribution < 1.29 is 23.8 Å². The van der Waals surface area contributed by atoms with Gasteiger partial charge >= 0.3 is 5.97 Å². The molecule has 0 atom stereocenters. The highest BCUT2D eigenvalue weighted by molar-refractivity contribution is 6.31. The number of anilines is 1. The SMILES string of the molecule is COc1ccc(OC)c(NC(=O)COC(=O)c2ccc(-n3nc(C)c(Cl)c3C)cc2)c1. The lowest BCUT2D eigenvalue weighted by molar-refractivity contribution is -0.119. The first-order chi connectivity index (χ1) is 14.8. The van der Waals surface area contributed by atoms with Gasteiger partial charge in [0.05, 0.1) is 47.6 Å². The van der Waals surface area contributed by atoms with Gasteiger partial charge in [0.2, 0.25) is 0 Å². The number of nitrogens with zero attached hydrogens (tertiary/aromatic N) is 2. The molecule has 0 bridgehead atoms. The summed E-state index contributed by atoms with van der Waals surface area (Å²) in [5.74, 6) is -0.114. The average molecular weight is 444 g/mol. The van der Waals surface area contributed by atoms with Crippen molar-refractivity contribution in [2.75, 3.05) is 26.1 Å². The molecule has 0 aliphatic heterocycles. The number of benzene rings is 2. The van der Waals surface area contributed by atoms with Crippen LogP contribution in [0, 0.1) is 13.8 Å². The third-order valence-corrected chi connectivity index (χ3v) is 5.11. The van der Waals surface area contributed by atoms with Crippen LogP contribution in [0.4, 0.5) is 5.69 Å². The number of carbonyl (C=O) groups is 2. The van der Waals surface area contributed by atoms with Crippen LogP contribution in [-0.4, -0.2) is 42.5 Å². The Hall–Kier alpha value is -3.52. The number of rotatable bonds is 7. The van der Waals surface area contributed by atoms with Crippen molar-refractivity contribution in [2.24, 2.45) is 0 Å². The summed E-state index contributed by atoms with van der Waals surface area (Å²) in [5.41, 5.74) is 3.01. The second-order valence-electron chi connectivity index (χ2n) is 6.63. The number of methoxy groups -OCH3 is 2. The quantitative estimate of drug-likeness (QED) is 0.556. The fraction of sp³-hybridized carbons (Fsp3) is 0.227.